The van der Waals surface area contributed by atoms with Crippen LogP contribution >= 0.6 is 0 Å². The van der Waals surface area contributed by atoms with Gasteiger partial charge in [-0.05, 0) is 50.7 Å². The topological polar surface area (TPSA) is 148 Å². The largest absolute Gasteiger partial charge is 0.593 e. The van der Waals surface area contributed by atoms with Crippen LogP contribution in [0.3, 0.4) is 0 Å². The number of aromatic nitrogens is 4. The molecule has 1 aliphatic heterocycles. The Morgan fingerprint density at radius 1 is 1.32 bits per heavy atom. The van der Waals surface area contributed by atoms with E-state index in [4.69, 9.17) is 14.9 Å². The number of piperidine rings is 1. The van der Waals surface area contributed by atoms with Crippen LogP contribution in [-0.2, 0) is 29.6 Å². The molecule has 3 heterocycles. The van der Waals surface area contributed by atoms with E-state index >= 15 is 0 Å². The molecule has 2 aromatic heterocycles. The van der Waals surface area contributed by atoms with E-state index in [9.17, 15) is 14.1 Å². The van der Waals surface area contributed by atoms with Crippen molar-refractivity contribution in [3.63, 3.8) is 0 Å². The lowest BCUT2D eigenvalue weighted by atomic mass is 9.93. The van der Waals surface area contributed by atoms with E-state index in [1.54, 1.807) is 35.4 Å². The molecule has 1 atom stereocenters. The molecule has 37 heavy (non-hydrogen) atoms. The number of carbonyl (C=O) groups is 1. The number of nitrogens with one attached hydrogen (secondary N) is 2. The van der Waals surface area contributed by atoms with Crippen molar-refractivity contribution >= 4 is 28.3 Å². The zero-order chi connectivity index (χ0) is 26.5. The summed E-state index contributed by atoms with van der Waals surface area (Å²) in [5.74, 6) is 0.865. The number of amides is 1. The van der Waals surface area contributed by atoms with Crippen LogP contribution in [0.1, 0.15) is 51.6 Å². The Kier molecular flexibility index (Phi) is 8.85. The van der Waals surface area contributed by atoms with Gasteiger partial charge in [-0.1, -0.05) is 13.3 Å². The summed E-state index contributed by atoms with van der Waals surface area (Å²) in [6.07, 6.45) is 4.19. The Labute approximate surface area is 218 Å². The molecule has 0 radical (unpaired) electrons. The molecule has 1 amide bonds. The van der Waals surface area contributed by atoms with E-state index in [0.717, 1.165) is 25.0 Å². The Balaban J connectivity index is 1.61. The lowest BCUT2D eigenvalue weighted by Gasteiger charge is -2.31. The average molecular weight is 531 g/mol. The highest BCUT2D eigenvalue weighted by atomic mass is 32.2. The molecule has 1 saturated heterocycles. The van der Waals surface area contributed by atoms with Crippen LogP contribution < -0.4 is 15.8 Å². The number of ether oxygens (including phenoxy) is 1. The van der Waals surface area contributed by atoms with Gasteiger partial charge in [0.25, 0.3) is 5.56 Å². The third-order valence-electron chi connectivity index (χ3n) is 6.67. The molecule has 1 aromatic carbocycles. The fourth-order valence-corrected chi connectivity index (χ4v) is 6.01. The summed E-state index contributed by atoms with van der Waals surface area (Å²) in [5.41, 5.74) is 3.70. The first-order valence-corrected chi connectivity index (χ1v) is 13.8. The van der Waals surface area contributed by atoms with Gasteiger partial charge in [-0.3, -0.25) is 19.5 Å². The van der Waals surface area contributed by atoms with Gasteiger partial charge in [0.05, 0.1) is 29.2 Å². The van der Waals surface area contributed by atoms with Crippen LogP contribution in [0.2, 0.25) is 0 Å². The quantitative estimate of drug-likeness (QED) is 0.206. The summed E-state index contributed by atoms with van der Waals surface area (Å²) in [4.78, 5) is 32.5. The first-order chi connectivity index (χ1) is 17.9. The molecular formula is C25H34N6O5S. The predicted octanol–water partition coefficient (Wildman–Crippen LogP) is 2.70. The average Bonchev–Trinajstić information content (AvgIpc) is 3.23. The van der Waals surface area contributed by atoms with E-state index in [1.807, 2.05) is 11.2 Å². The number of hydrogen-bond acceptors (Lipinski definition) is 8. The number of hydrogen-bond donors (Lipinski definition) is 3. The maximum atomic E-state index is 13.5. The standard InChI is InChI=1S/C25H34N6O5S/c1-4-6-19-22-23(30(3)28-19)25(33)27-24(26-22)18-15-17(8-9-20(18)36-5-2)37(35)31-13-11-16(12-14-31)7-10-21(32)29-34/h8-9,15-16,34H,4-7,10-14H2,1-3H3,(H,29,32)(H,26,27,33). The van der Waals surface area contributed by atoms with Gasteiger partial charge in [-0.2, -0.15) is 5.10 Å². The molecular weight excluding hydrogens is 496 g/mol. The maximum Gasteiger partial charge on any atom is 0.277 e. The smallest absolute Gasteiger partial charge is 0.277 e. The highest BCUT2D eigenvalue weighted by Crippen LogP contribution is 2.33. The molecule has 1 fully saturated rings. The van der Waals surface area contributed by atoms with Crippen molar-refractivity contribution in [2.45, 2.75) is 57.3 Å². The number of aromatic amines is 1. The van der Waals surface area contributed by atoms with Crippen molar-refractivity contribution in [1.29, 1.82) is 0 Å². The molecule has 1 aliphatic rings. The van der Waals surface area contributed by atoms with Gasteiger partial charge >= 0.3 is 0 Å². The van der Waals surface area contributed by atoms with Gasteiger partial charge in [0.1, 0.15) is 17.1 Å². The van der Waals surface area contributed by atoms with E-state index in [0.29, 0.717) is 71.5 Å². The second kappa shape index (κ2) is 12.1. The lowest BCUT2D eigenvalue weighted by molar-refractivity contribution is -0.129. The fraction of sp³-hybridized carbons (Fsp3) is 0.520. The molecule has 0 saturated carbocycles. The van der Waals surface area contributed by atoms with Crippen molar-refractivity contribution in [3.8, 4) is 17.1 Å². The normalized spacial score (nSPS) is 15.7. The molecule has 3 N–H and O–H groups in total. The SMILES string of the molecule is CCCc1nn(C)c2c(=O)[nH]c(-c3cc([S+]([O-])N4CCC(CCC(=O)NO)CC4)ccc3OCC)nc12. The summed E-state index contributed by atoms with van der Waals surface area (Å²) >= 11 is -1.41. The van der Waals surface area contributed by atoms with Crippen LogP contribution in [0.5, 0.6) is 5.75 Å². The van der Waals surface area contributed by atoms with Crippen molar-refractivity contribution in [2.75, 3.05) is 19.7 Å². The van der Waals surface area contributed by atoms with Gasteiger partial charge in [0.2, 0.25) is 5.91 Å². The first-order valence-electron chi connectivity index (χ1n) is 12.7. The van der Waals surface area contributed by atoms with Crippen LogP contribution in [0.15, 0.2) is 27.9 Å². The number of nitrogens with zero attached hydrogens (tertiary/aromatic N) is 4. The van der Waals surface area contributed by atoms with E-state index in [1.165, 1.54) is 0 Å². The summed E-state index contributed by atoms with van der Waals surface area (Å²) < 4.78 is 22.8. The number of fused-ring (bicyclic) bond motifs is 1. The highest BCUT2D eigenvalue weighted by molar-refractivity contribution is 7.89. The van der Waals surface area contributed by atoms with Crippen LogP contribution in [0.4, 0.5) is 0 Å². The van der Waals surface area contributed by atoms with Gasteiger partial charge in [0, 0.05) is 32.6 Å². The number of benzene rings is 1. The number of H-pyrrole nitrogens is 1. The third kappa shape index (κ3) is 5.98. The minimum absolute atomic E-state index is 0.277. The Morgan fingerprint density at radius 3 is 2.76 bits per heavy atom. The van der Waals surface area contributed by atoms with Crippen LogP contribution in [0.25, 0.3) is 22.4 Å². The minimum atomic E-state index is -1.41. The zero-order valence-corrected chi connectivity index (χ0v) is 22.3. The summed E-state index contributed by atoms with van der Waals surface area (Å²) in [5, 5.41) is 13.2. The van der Waals surface area contributed by atoms with E-state index < -0.39 is 11.4 Å². The molecule has 200 valence electrons. The molecule has 0 bridgehead atoms. The fourth-order valence-electron chi connectivity index (χ4n) is 4.77. The Bertz CT molecular complexity index is 1300. The van der Waals surface area contributed by atoms with Crippen molar-refractivity contribution in [2.24, 2.45) is 13.0 Å². The van der Waals surface area contributed by atoms with E-state index in [2.05, 4.69) is 17.0 Å². The maximum absolute atomic E-state index is 13.5. The van der Waals surface area contributed by atoms with Crippen molar-refractivity contribution < 1.29 is 19.3 Å². The molecule has 3 aromatic rings. The van der Waals surface area contributed by atoms with E-state index in [-0.39, 0.29) is 17.9 Å². The Morgan fingerprint density at radius 2 is 2.08 bits per heavy atom. The predicted molar refractivity (Wildman–Crippen MR) is 140 cm³/mol. The number of carbonyl (C=O) groups excluding carboxylic acids is 1. The summed E-state index contributed by atoms with van der Waals surface area (Å²) in [6.45, 7) is 5.63. The van der Waals surface area contributed by atoms with Gasteiger partial charge in [0.15, 0.2) is 10.4 Å². The van der Waals surface area contributed by atoms with Crippen molar-refractivity contribution in [1.82, 2.24) is 29.5 Å². The highest BCUT2D eigenvalue weighted by Gasteiger charge is 2.30. The molecule has 11 nitrogen and oxygen atoms in total. The monoisotopic (exact) mass is 530 g/mol. The first kappa shape index (κ1) is 27.1. The molecule has 1 unspecified atom stereocenters. The lowest BCUT2D eigenvalue weighted by Crippen LogP contribution is -2.38. The molecule has 0 spiro atoms. The number of hydroxylamine groups is 1. The second-order valence-corrected chi connectivity index (χ2v) is 10.7. The second-order valence-electron chi connectivity index (χ2n) is 9.22. The zero-order valence-electron chi connectivity index (χ0n) is 21.5. The number of aryl methyl sites for hydroxylation is 2. The van der Waals surface area contributed by atoms with Gasteiger partial charge < -0.3 is 14.3 Å². The van der Waals surface area contributed by atoms with Gasteiger partial charge in [-0.25, -0.2) is 10.5 Å². The van der Waals surface area contributed by atoms with Crippen LogP contribution in [0, 0.1) is 5.92 Å². The van der Waals surface area contributed by atoms with Crippen molar-refractivity contribution in [3.05, 3.63) is 34.2 Å². The minimum Gasteiger partial charge on any atom is -0.593 e. The molecule has 12 heteroatoms. The molecule has 0 aliphatic carbocycles. The molecule has 4 rings (SSSR count). The Hall–Kier alpha value is -2.93. The van der Waals surface area contributed by atoms with Gasteiger partial charge in [-0.15, -0.1) is 4.31 Å². The number of rotatable bonds is 10. The summed E-state index contributed by atoms with van der Waals surface area (Å²) in [7, 11) is 1.73. The third-order valence-corrected chi connectivity index (χ3v) is 8.16. The van der Waals surface area contributed by atoms with Crippen LogP contribution in [-0.4, -0.2) is 59.4 Å². The summed E-state index contributed by atoms with van der Waals surface area (Å²) in [6, 6.07) is 5.33.